The van der Waals surface area contributed by atoms with Crippen LogP contribution in [0.15, 0.2) is 47.7 Å². The average Bonchev–Trinajstić information content (AvgIpc) is 2.63. The molecule has 1 aliphatic rings. The minimum absolute atomic E-state index is 0.0517. The van der Waals surface area contributed by atoms with Gasteiger partial charge in [0, 0.05) is 31.4 Å². The first kappa shape index (κ1) is 12.8. The number of carbonyl (C=O) groups excluding carboxylic acids is 2. The monoisotopic (exact) mass is 252 g/mol. The van der Waals surface area contributed by atoms with Crippen molar-refractivity contribution < 1.29 is 9.59 Å². The highest BCUT2D eigenvalue weighted by Crippen LogP contribution is 2.26. The van der Waals surface area contributed by atoms with Crippen LogP contribution in [-0.2, 0) is 0 Å². The van der Waals surface area contributed by atoms with Gasteiger partial charge in [0.1, 0.15) is 6.07 Å². The Labute approximate surface area is 111 Å². The molecular weight excluding hydrogens is 240 g/mol. The lowest BCUT2D eigenvalue weighted by molar-refractivity contribution is 0.0988. The van der Waals surface area contributed by atoms with E-state index in [0.29, 0.717) is 11.1 Å². The van der Waals surface area contributed by atoms with Crippen LogP contribution in [0.5, 0.6) is 0 Å². The summed E-state index contributed by atoms with van der Waals surface area (Å²) in [7, 11) is 3.53. The Hall–Kier alpha value is -2.67. The van der Waals surface area contributed by atoms with Gasteiger partial charge in [-0.15, -0.1) is 0 Å². The fourth-order valence-electron chi connectivity index (χ4n) is 1.94. The molecule has 0 aromatic heterocycles. The van der Waals surface area contributed by atoms with E-state index in [9.17, 15) is 9.59 Å². The second kappa shape index (κ2) is 4.91. The van der Waals surface area contributed by atoms with E-state index in [1.807, 2.05) is 6.07 Å². The molecule has 0 heterocycles. The molecule has 0 unspecified atom stereocenters. The van der Waals surface area contributed by atoms with Gasteiger partial charge in [-0.1, -0.05) is 24.3 Å². The van der Waals surface area contributed by atoms with Crippen molar-refractivity contribution in [1.29, 1.82) is 5.26 Å². The van der Waals surface area contributed by atoms with E-state index in [2.05, 4.69) is 0 Å². The van der Waals surface area contributed by atoms with Crippen LogP contribution in [0.3, 0.4) is 0 Å². The fourth-order valence-corrected chi connectivity index (χ4v) is 1.94. The number of hydrogen-bond donors (Lipinski definition) is 0. The van der Waals surface area contributed by atoms with Gasteiger partial charge in [-0.25, -0.2) is 0 Å². The lowest BCUT2D eigenvalue weighted by atomic mass is 10.1. The van der Waals surface area contributed by atoms with Crippen molar-refractivity contribution in [2.45, 2.75) is 0 Å². The molecule has 0 saturated heterocycles. The van der Waals surface area contributed by atoms with Gasteiger partial charge >= 0.3 is 0 Å². The standard InChI is InChI=1S/C15H12N2O2/c1-17(2)9-10(8-16)7-13-14(18)11-5-3-4-6-12(11)15(13)19/h3-7,9H,1-2H3/b10-9-. The predicted molar refractivity (Wildman–Crippen MR) is 70.6 cm³/mol. The number of nitrogens with zero attached hydrogens (tertiary/aromatic N) is 2. The van der Waals surface area contributed by atoms with Crippen LogP contribution in [0.25, 0.3) is 0 Å². The molecule has 0 atom stereocenters. The van der Waals surface area contributed by atoms with Crippen LogP contribution < -0.4 is 0 Å². The van der Waals surface area contributed by atoms with Crippen LogP contribution in [0.1, 0.15) is 20.7 Å². The second-order valence-corrected chi connectivity index (χ2v) is 4.42. The van der Waals surface area contributed by atoms with Crippen molar-refractivity contribution in [2.24, 2.45) is 0 Å². The van der Waals surface area contributed by atoms with Crippen LogP contribution in [0.2, 0.25) is 0 Å². The lowest BCUT2D eigenvalue weighted by Crippen LogP contribution is -2.04. The summed E-state index contributed by atoms with van der Waals surface area (Å²) in [6.45, 7) is 0. The highest BCUT2D eigenvalue weighted by atomic mass is 16.2. The van der Waals surface area contributed by atoms with Gasteiger partial charge in [0.2, 0.25) is 0 Å². The van der Waals surface area contributed by atoms with Crippen molar-refractivity contribution in [3.63, 3.8) is 0 Å². The first-order valence-electron chi connectivity index (χ1n) is 5.73. The summed E-state index contributed by atoms with van der Waals surface area (Å²) in [5, 5.41) is 9.01. The van der Waals surface area contributed by atoms with Gasteiger partial charge in [-0.2, -0.15) is 5.26 Å². The smallest absolute Gasteiger partial charge is 0.197 e. The lowest BCUT2D eigenvalue weighted by Gasteiger charge is -2.04. The number of rotatable bonds is 2. The third-order valence-electron chi connectivity index (χ3n) is 2.73. The summed E-state index contributed by atoms with van der Waals surface area (Å²) in [6.07, 6.45) is 2.92. The Bertz CT molecular complexity index is 624. The summed E-state index contributed by atoms with van der Waals surface area (Å²) in [5.74, 6) is -0.638. The van der Waals surface area contributed by atoms with Crippen molar-refractivity contribution in [2.75, 3.05) is 14.1 Å². The zero-order chi connectivity index (χ0) is 14.0. The topological polar surface area (TPSA) is 61.2 Å². The predicted octanol–water partition coefficient (Wildman–Crippen LogP) is 1.96. The maximum Gasteiger partial charge on any atom is 0.197 e. The molecule has 1 aliphatic carbocycles. The zero-order valence-electron chi connectivity index (χ0n) is 10.7. The van der Waals surface area contributed by atoms with Crippen LogP contribution >= 0.6 is 0 Å². The van der Waals surface area contributed by atoms with Crippen LogP contribution in [-0.4, -0.2) is 30.6 Å². The minimum Gasteiger partial charge on any atom is -0.382 e. The molecule has 0 aliphatic heterocycles. The Morgan fingerprint density at radius 2 is 1.68 bits per heavy atom. The maximum absolute atomic E-state index is 12.1. The van der Waals surface area contributed by atoms with E-state index in [-0.39, 0.29) is 22.7 Å². The van der Waals surface area contributed by atoms with Crippen molar-refractivity contribution in [3.8, 4) is 6.07 Å². The molecule has 0 N–H and O–H groups in total. The number of hydrogen-bond acceptors (Lipinski definition) is 4. The molecule has 1 aromatic rings. The minimum atomic E-state index is -0.319. The van der Waals surface area contributed by atoms with E-state index in [1.54, 1.807) is 49.5 Å². The summed E-state index contributed by atoms with van der Waals surface area (Å²) < 4.78 is 0. The van der Waals surface area contributed by atoms with Gasteiger partial charge < -0.3 is 4.90 Å². The molecule has 19 heavy (non-hydrogen) atoms. The quantitative estimate of drug-likeness (QED) is 0.458. The third kappa shape index (κ3) is 2.31. The third-order valence-corrected chi connectivity index (χ3v) is 2.73. The molecule has 0 spiro atoms. The number of allylic oxidation sites excluding steroid dienone is 3. The molecule has 1 aromatic carbocycles. The first-order valence-corrected chi connectivity index (χ1v) is 5.73. The summed E-state index contributed by atoms with van der Waals surface area (Å²) in [6, 6.07) is 8.65. The van der Waals surface area contributed by atoms with E-state index in [4.69, 9.17) is 5.26 Å². The zero-order valence-corrected chi connectivity index (χ0v) is 10.7. The molecule has 0 radical (unpaired) electrons. The number of benzene rings is 1. The molecule has 0 saturated carbocycles. The van der Waals surface area contributed by atoms with Gasteiger partial charge in [-0.3, -0.25) is 9.59 Å². The van der Waals surface area contributed by atoms with Gasteiger partial charge in [0.15, 0.2) is 11.6 Å². The number of Topliss-reactive ketones (excluding diaryl/α,β-unsaturated/α-hetero) is 2. The second-order valence-electron chi connectivity index (χ2n) is 4.42. The van der Waals surface area contributed by atoms with E-state index < -0.39 is 0 Å². The van der Waals surface area contributed by atoms with Crippen molar-refractivity contribution in [3.05, 3.63) is 58.8 Å². The van der Waals surface area contributed by atoms with Crippen molar-refractivity contribution in [1.82, 2.24) is 4.90 Å². The van der Waals surface area contributed by atoms with Gasteiger partial charge in [0.05, 0.1) is 11.1 Å². The molecule has 0 fully saturated rings. The van der Waals surface area contributed by atoms with Crippen LogP contribution in [0.4, 0.5) is 0 Å². The van der Waals surface area contributed by atoms with E-state index in [1.165, 1.54) is 6.08 Å². The molecule has 4 nitrogen and oxygen atoms in total. The number of carbonyl (C=O) groups is 2. The highest BCUT2D eigenvalue weighted by molar-refractivity contribution is 6.39. The molecular formula is C15H12N2O2. The van der Waals surface area contributed by atoms with Crippen LogP contribution in [0, 0.1) is 11.3 Å². The van der Waals surface area contributed by atoms with Gasteiger partial charge in [-0.05, 0) is 6.08 Å². The molecule has 94 valence electrons. The number of fused-ring (bicyclic) bond motifs is 1. The Kier molecular flexibility index (Phi) is 3.30. The average molecular weight is 252 g/mol. The fraction of sp³-hybridized carbons (Fsp3) is 0.133. The molecule has 0 amide bonds. The van der Waals surface area contributed by atoms with Gasteiger partial charge in [0.25, 0.3) is 0 Å². The SMILES string of the molecule is CN(C)/C=C(\C#N)C=C1C(=O)c2ccccc2C1=O. The molecule has 0 bridgehead atoms. The normalized spacial score (nSPS) is 14.2. The Morgan fingerprint density at radius 3 is 2.11 bits per heavy atom. The first-order chi connectivity index (χ1) is 9.04. The maximum atomic E-state index is 12.1. The Morgan fingerprint density at radius 1 is 1.16 bits per heavy atom. The number of ketones is 2. The summed E-state index contributed by atoms with van der Waals surface area (Å²) in [5.41, 5.74) is 1.13. The number of nitriles is 1. The Balaban J connectivity index is 2.48. The summed E-state index contributed by atoms with van der Waals surface area (Å²) in [4.78, 5) is 25.9. The van der Waals surface area contributed by atoms with E-state index >= 15 is 0 Å². The molecule has 2 rings (SSSR count). The molecule has 4 heteroatoms. The summed E-state index contributed by atoms with van der Waals surface area (Å²) >= 11 is 0. The largest absolute Gasteiger partial charge is 0.382 e. The van der Waals surface area contributed by atoms with Crippen molar-refractivity contribution >= 4 is 11.6 Å². The highest BCUT2D eigenvalue weighted by Gasteiger charge is 2.32. The van der Waals surface area contributed by atoms with E-state index in [0.717, 1.165) is 0 Å².